The molecule has 0 aliphatic carbocycles. The second-order valence-corrected chi connectivity index (χ2v) is 5.59. The van der Waals surface area contributed by atoms with E-state index in [2.05, 4.69) is 36.5 Å². The Kier molecular flexibility index (Phi) is 7.40. The van der Waals surface area contributed by atoms with Crippen LogP contribution in [0.4, 0.5) is 0 Å². The number of nitrogens with one attached hydrogen (secondary N) is 1. The first-order valence-electron chi connectivity index (χ1n) is 6.44. The lowest BCUT2D eigenvalue weighted by molar-refractivity contribution is 0.108. The van der Waals surface area contributed by atoms with Crippen molar-refractivity contribution in [2.45, 2.75) is 46.8 Å². The summed E-state index contributed by atoms with van der Waals surface area (Å²) in [6, 6.07) is 0. The smallest absolute Gasteiger partial charge is 0.107 e. The molecule has 0 aliphatic rings. The molecule has 0 amide bonds. The van der Waals surface area contributed by atoms with E-state index < -0.39 is 0 Å². The molecule has 0 atom stereocenters. The highest BCUT2D eigenvalue weighted by Gasteiger charge is 2.02. The van der Waals surface area contributed by atoms with Crippen LogP contribution in [0.2, 0.25) is 0 Å². The largest absolute Gasteiger partial charge is 0.375 e. The Morgan fingerprint density at radius 1 is 1.47 bits per heavy atom. The van der Waals surface area contributed by atoms with Gasteiger partial charge in [-0.1, -0.05) is 20.8 Å². The maximum Gasteiger partial charge on any atom is 0.107 e. The molecule has 1 heterocycles. The van der Waals surface area contributed by atoms with E-state index >= 15 is 0 Å². The second kappa shape index (κ2) is 8.61. The fourth-order valence-corrected chi connectivity index (χ4v) is 2.11. The molecule has 0 spiro atoms. The van der Waals surface area contributed by atoms with E-state index in [1.807, 2.05) is 0 Å². The van der Waals surface area contributed by atoms with Gasteiger partial charge in [0.25, 0.3) is 0 Å². The number of ether oxygens (including phenoxy) is 1. The van der Waals surface area contributed by atoms with E-state index in [1.165, 1.54) is 0 Å². The molecule has 0 unspecified atom stereocenters. The van der Waals surface area contributed by atoms with Gasteiger partial charge in [0.15, 0.2) is 0 Å². The third kappa shape index (κ3) is 6.76. The molecule has 0 bridgehead atoms. The van der Waals surface area contributed by atoms with Crippen LogP contribution in [0.25, 0.3) is 0 Å². The van der Waals surface area contributed by atoms with Gasteiger partial charge in [0.1, 0.15) is 5.01 Å². The van der Waals surface area contributed by atoms with Crippen molar-refractivity contribution in [3.05, 3.63) is 16.1 Å². The minimum absolute atomic E-state index is 0.650. The van der Waals surface area contributed by atoms with Gasteiger partial charge in [-0.05, 0) is 25.3 Å². The number of hydrogen-bond donors (Lipinski definition) is 1. The van der Waals surface area contributed by atoms with Crippen LogP contribution in [0.3, 0.4) is 0 Å². The minimum Gasteiger partial charge on any atom is -0.375 e. The summed E-state index contributed by atoms with van der Waals surface area (Å²) in [6.07, 6.45) is 2.28. The van der Waals surface area contributed by atoms with Crippen LogP contribution in [0, 0.1) is 5.92 Å². The van der Waals surface area contributed by atoms with Gasteiger partial charge in [-0.15, -0.1) is 11.3 Å². The Hall–Kier alpha value is -0.450. The highest BCUT2D eigenvalue weighted by atomic mass is 32.1. The first-order valence-corrected chi connectivity index (χ1v) is 7.32. The molecule has 0 aromatic carbocycles. The third-order valence-electron chi connectivity index (χ3n) is 2.39. The first kappa shape index (κ1) is 14.6. The molecule has 0 saturated heterocycles. The molecule has 17 heavy (non-hydrogen) atoms. The van der Waals surface area contributed by atoms with Crippen LogP contribution >= 0.6 is 11.3 Å². The monoisotopic (exact) mass is 256 g/mol. The minimum atomic E-state index is 0.650. The number of rotatable bonds is 9. The van der Waals surface area contributed by atoms with E-state index in [0.29, 0.717) is 12.5 Å². The summed E-state index contributed by atoms with van der Waals surface area (Å²) < 4.78 is 5.59. The van der Waals surface area contributed by atoms with Crippen LogP contribution in [0.5, 0.6) is 0 Å². The Morgan fingerprint density at radius 2 is 2.29 bits per heavy atom. The molecule has 0 aliphatic heterocycles. The summed E-state index contributed by atoms with van der Waals surface area (Å²) >= 11 is 1.71. The Labute approximate surface area is 109 Å². The second-order valence-electron chi connectivity index (χ2n) is 4.64. The lowest BCUT2D eigenvalue weighted by Gasteiger charge is -2.04. The number of thiazole rings is 1. The Morgan fingerprint density at radius 3 is 3.00 bits per heavy atom. The maximum atomic E-state index is 5.59. The molecule has 1 aromatic heterocycles. The van der Waals surface area contributed by atoms with Crippen molar-refractivity contribution in [3.8, 4) is 0 Å². The molecule has 98 valence electrons. The lowest BCUT2D eigenvalue weighted by atomic mass is 10.1. The lowest BCUT2D eigenvalue weighted by Crippen LogP contribution is -2.13. The van der Waals surface area contributed by atoms with Gasteiger partial charge in [-0.25, -0.2) is 4.98 Å². The van der Waals surface area contributed by atoms with Gasteiger partial charge in [0.05, 0.1) is 12.3 Å². The van der Waals surface area contributed by atoms with Gasteiger partial charge in [0, 0.05) is 18.5 Å². The highest BCUT2D eigenvalue weighted by Crippen LogP contribution is 2.11. The third-order valence-corrected chi connectivity index (χ3v) is 3.29. The standard InChI is InChI=1S/C13H24N2OS/c1-4-6-14-8-13-15-12(10-17-13)9-16-7-5-11(2)3/h10-11,14H,4-9H2,1-3H3. The zero-order valence-electron chi connectivity index (χ0n) is 11.2. The summed E-state index contributed by atoms with van der Waals surface area (Å²) in [5, 5.41) is 6.60. The molecule has 0 saturated carbocycles. The van der Waals surface area contributed by atoms with Gasteiger partial charge in [-0.3, -0.25) is 0 Å². The Bertz CT molecular complexity index is 299. The van der Waals surface area contributed by atoms with E-state index in [0.717, 1.165) is 43.2 Å². The van der Waals surface area contributed by atoms with Crippen molar-refractivity contribution in [1.29, 1.82) is 0 Å². The van der Waals surface area contributed by atoms with Crippen LogP contribution < -0.4 is 5.32 Å². The zero-order valence-corrected chi connectivity index (χ0v) is 12.0. The van der Waals surface area contributed by atoms with Crippen LogP contribution in [0.1, 0.15) is 44.3 Å². The average Bonchev–Trinajstić information content (AvgIpc) is 2.73. The van der Waals surface area contributed by atoms with Crippen molar-refractivity contribution < 1.29 is 4.74 Å². The quantitative estimate of drug-likeness (QED) is 0.689. The molecular weight excluding hydrogens is 232 g/mol. The molecule has 1 aromatic rings. The van der Waals surface area contributed by atoms with E-state index in [1.54, 1.807) is 11.3 Å². The summed E-state index contributed by atoms with van der Waals surface area (Å²) in [5.74, 6) is 0.708. The predicted octanol–water partition coefficient (Wildman–Crippen LogP) is 3.21. The molecular formula is C13H24N2OS. The molecule has 0 radical (unpaired) electrons. The van der Waals surface area contributed by atoms with Gasteiger partial charge in [-0.2, -0.15) is 0 Å². The summed E-state index contributed by atoms with van der Waals surface area (Å²) in [5.41, 5.74) is 1.06. The van der Waals surface area contributed by atoms with Crippen molar-refractivity contribution in [3.63, 3.8) is 0 Å². The summed E-state index contributed by atoms with van der Waals surface area (Å²) in [7, 11) is 0. The topological polar surface area (TPSA) is 34.2 Å². The Balaban J connectivity index is 2.16. The normalized spacial score (nSPS) is 11.3. The van der Waals surface area contributed by atoms with E-state index in [-0.39, 0.29) is 0 Å². The van der Waals surface area contributed by atoms with Crippen LogP contribution in [-0.4, -0.2) is 18.1 Å². The first-order chi connectivity index (χ1) is 8.22. The van der Waals surface area contributed by atoms with E-state index in [9.17, 15) is 0 Å². The highest BCUT2D eigenvalue weighted by molar-refractivity contribution is 7.09. The van der Waals surface area contributed by atoms with Gasteiger partial charge >= 0.3 is 0 Å². The van der Waals surface area contributed by atoms with Crippen molar-refractivity contribution >= 4 is 11.3 Å². The van der Waals surface area contributed by atoms with E-state index in [4.69, 9.17) is 4.74 Å². The summed E-state index contributed by atoms with van der Waals surface area (Å²) in [6.45, 7) is 10.0. The van der Waals surface area contributed by atoms with Crippen LogP contribution in [0.15, 0.2) is 5.38 Å². The molecule has 1 rings (SSSR count). The van der Waals surface area contributed by atoms with Gasteiger partial charge in [0.2, 0.25) is 0 Å². The maximum absolute atomic E-state index is 5.59. The molecule has 4 heteroatoms. The van der Waals surface area contributed by atoms with Crippen molar-refractivity contribution in [2.24, 2.45) is 5.92 Å². The molecule has 3 nitrogen and oxygen atoms in total. The number of aromatic nitrogens is 1. The fourth-order valence-electron chi connectivity index (χ4n) is 1.36. The fraction of sp³-hybridized carbons (Fsp3) is 0.769. The van der Waals surface area contributed by atoms with Gasteiger partial charge < -0.3 is 10.1 Å². The van der Waals surface area contributed by atoms with Crippen molar-refractivity contribution in [1.82, 2.24) is 10.3 Å². The summed E-state index contributed by atoms with van der Waals surface area (Å²) in [4.78, 5) is 4.53. The SMILES string of the molecule is CCCNCc1nc(COCCC(C)C)cs1. The zero-order chi connectivity index (χ0) is 12.5. The molecule has 1 N–H and O–H groups in total. The van der Waals surface area contributed by atoms with Crippen molar-refractivity contribution in [2.75, 3.05) is 13.2 Å². The number of hydrogen-bond acceptors (Lipinski definition) is 4. The average molecular weight is 256 g/mol. The van der Waals surface area contributed by atoms with Crippen LogP contribution in [-0.2, 0) is 17.9 Å². The predicted molar refractivity (Wildman–Crippen MR) is 73.2 cm³/mol. The molecule has 0 fully saturated rings. The number of nitrogens with zero attached hydrogens (tertiary/aromatic N) is 1.